The molecule has 0 aliphatic rings. The standard InChI is InChI=1S/C20H21FN2O4/c1-14(15-6-3-2-4-7-15)11-22-18(24)13-27-19(25)12-23-20(26)16-8-5-9-17(21)10-16/h2-10,14H,11-13H2,1H3,(H,22,24)(H,23,26)/t14-/m1/s1. The Bertz CT molecular complexity index is 796. The normalized spacial score (nSPS) is 11.3. The van der Waals surface area contributed by atoms with E-state index in [4.69, 9.17) is 4.74 Å². The lowest BCUT2D eigenvalue weighted by atomic mass is 10.0. The number of halogens is 1. The molecule has 1 atom stereocenters. The summed E-state index contributed by atoms with van der Waals surface area (Å²) in [7, 11) is 0. The van der Waals surface area contributed by atoms with Crippen LogP contribution in [0.4, 0.5) is 4.39 Å². The van der Waals surface area contributed by atoms with E-state index in [9.17, 15) is 18.8 Å². The topological polar surface area (TPSA) is 84.5 Å². The molecule has 2 rings (SSSR count). The highest BCUT2D eigenvalue weighted by molar-refractivity contribution is 5.96. The van der Waals surface area contributed by atoms with Gasteiger partial charge in [-0.25, -0.2) is 4.39 Å². The Kier molecular flexibility index (Phi) is 7.49. The van der Waals surface area contributed by atoms with Crippen LogP contribution in [0.5, 0.6) is 0 Å². The largest absolute Gasteiger partial charge is 0.454 e. The molecule has 2 aromatic rings. The van der Waals surface area contributed by atoms with Crippen molar-refractivity contribution in [3.63, 3.8) is 0 Å². The molecule has 2 aromatic carbocycles. The Morgan fingerprint density at radius 2 is 1.78 bits per heavy atom. The minimum absolute atomic E-state index is 0.0930. The quantitative estimate of drug-likeness (QED) is 0.695. The van der Waals surface area contributed by atoms with Gasteiger partial charge in [0.2, 0.25) is 0 Å². The van der Waals surface area contributed by atoms with Gasteiger partial charge in [0.1, 0.15) is 12.4 Å². The predicted molar refractivity (Wildman–Crippen MR) is 97.6 cm³/mol. The lowest BCUT2D eigenvalue weighted by Crippen LogP contribution is -2.35. The van der Waals surface area contributed by atoms with Crippen LogP contribution in [0.1, 0.15) is 28.8 Å². The van der Waals surface area contributed by atoms with Gasteiger partial charge in [0.25, 0.3) is 11.8 Å². The second-order valence-corrected chi connectivity index (χ2v) is 5.97. The van der Waals surface area contributed by atoms with E-state index in [1.807, 2.05) is 37.3 Å². The lowest BCUT2D eigenvalue weighted by Gasteiger charge is -2.13. The highest BCUT2D eigenvalue weighted by Gasteiger charge is 2.12. The Morgan fingerprint density at radius 1 is 1.04 bits per heavy atom. The molecule has 0 unspecified atom stereocenters. The molecule has 2 amide bonds. The van der Waals surface area contributed by atoms with Gasteiger partial charge in [0, 0.05) is 12.1 Å². The molecular weight excluding hydrogens is 351 g/mol. The molecule has 142 valence electrons. The minimum atomic E-state index is -0.758. The first kappa shape index (κ1) is 20.1. The number of carbonyl (C=O) groups excluding carboxylic acids is 3. The number of amides is 2. The summed E-state index contributed by atoms with van der Waals surface area (Å²) < 4.78 is 17.9. The highest BCUT2D eigenvalue weighted by atomic mass is 19.1. The first-order chi connectivity index (χ1) is 13.0. The van der Waals surface area contributed by atoms with Crippen LogP contribution in [-0.2, 0) is 14.3 Å². The van der Waals surface area contributed by atoms with Crippen LogP contribution < -0.4 is 10.6 Å². The molecular formula is C20H21FN2O4. The molecule has 0 spiro atoms. The summed E-state index contributed by atoms with van der Waals surface area (Å²) in [6.45, 7) is 1.54. The van der Waals surface area contributed by atoms with Crippen molar-refractivity contribution in [3.05, 3.63) is 71.5 Å². The zero-order valence-electron chi connectivity index (χ0n) is 14.9. The third-order valence-electron chi connectivity index (χ3n) is 3.82. The van der Waals surface area contributed by atoms with Gasteiger partial charge in [-0.05, 0) is 29.7 Å². The summed E-state index contributed by atoms with van der Waals surface area (Å²) in [5.41, 5.74) is 1.19. The smallest absolute Gasteiger partial charge is 0.325 e. The van der Waals surface area contributed by atoms with Gasteiger partial charge in [-0.3, -0.25) is 14.4 Å². The van der Waals surface area contributed by atoms with Crippen molar-refractivity contribution >= 4 is 17.8 Å². The summed E-state index contributed by atoms with van der Waals surface area (Å²) in [6, 6.07) is 14.8. The monoisotopic (exact) mass is 372 g/mol. The van der Waals surface area contributed by atoms with E-state index in [0.29, 0.717) is 6.54 Å². The Balaban J connectivity index is 1.66. The summed E-state index contributed by atoms with van der Waals surface area (Å²) >= 11 is 0. The fourth-order valence-electron chi connectivity index (χ4n) is 2.30. The SMILES string of the molecule is C[C@H](CNC(=O)COC(=O)CNC(=O)c1cccc(F)c1)c1ccccc1. The van der Waals surface area contributed by atoms with E-state index in [-0.39, 0.29) is 11.5 Å². The predicted octanol–water partition coefficient (Wildman–Crippen LogP) is 2.02. The molecule has 0 saturated carbocycles. The minimum Gasteiger partial charge on any atom is -0.454 e. The van der Waals surface area contributed by atoms with Gasteiger partial charge < -0.3 is 15.4 Å². The van der Waals surface area contributed by atoms with Crippen molar-refractivity contribution in [1.29, 1.82) is 0 Å². The fourth-order valence-corrected chi connectivity index (χ4v) is 2.30. The Hall–Kier alpha value is -3.22. The third kappa shape index (κ3) is 6.89. The number of carbonyl (C=O) groups is 3. The van der Waals surface area contributed by atoms with Crippen molar-refractivity contribution in [2.75, 3.05) is 19.7 Å². The maximum atomic E-state index is 13.1. The number of hydrogen-bond donors (Lipinski definition) is 2. The van der Waals surface area contributed by atoms with E-state index >= 15 is 0 Å². The van der Waals surface area contributed by atoms with Gasteiger partial charge in [-0.1, -0.05) is 43.3 Å². The fraction of sp³-hybridized carbons (Fsp3) is 0.250. The Labute approximate surface area is 156 Å². The summed E-state index contributed by atoms with van der Waals surface area (Å²) in [5, 5.41) is 5.00. The second kappa shape index (κ2) is 10.1. The highest BCUT2D eigenvalue weighted by Crippen LogP contribution is 2.12. The molecule has 0 fully saturated rings. The first-order valence-electron chi connectivity index (χ1n) is 8.46. The van der Waals surface area contributed by atoms with Crippen molar-refractivity contribution in [1.82, 2.24) is 10.6 Å². The Morgan fingerprint density at radius 3 is 2.48 bits per heavy atom. The van der Waals surface area contributed by atoms with Gasteiger partial charge in [0.15, 0.2) is 6.61 Å². The maximum absolute atomic E-state index is 13.1. The molecule has 0 saturated heterocycles. The van der Waals surface area contributed by atoms with Gasteiger partial charge in [-0.2, -0.15) is 0 Å². The number of esters is 1. The molecule has 0 heterocycles. The number of benzene rings is 2. The molecule has 2 N–H and O–H groups in total. The van der Waals surface area contributed by atoms with Crippen LogP contribution in [0, 0.1) is 5.82 Å². The average Bonchev–Trinajstić information content (AvgIpc) is 2.69. The van der Waals surface area contributed by atoms with E-state index in [1.165, 1.54) is 18.2 Å². The van der Waals surface area contributed by atoms with Gasteiger partial charge >= 0.3 is 5.97 Å². The third-order valence-corrected chi connectivity index (χ3v) is 3.82. The summed E-state index contributed by atoms with van der Waals surface area (Å²) in [6.07, 6.45) is 0. The lowest BCUT2D eigenvalue weighted by molar-refractivity contribution is -0.147. The van der Waals surface area contributed by atoms with E-state index < -0.39 is 36.8 Å². The van der Waals surface area contributed by atoms with Crippen molar-refractivity contribution < 1.29 is 23.5 Å². The molecule has 0 aromatic heterocycles. The zero-order chi connectivity index (χ0) is 19.6. The molecule has 27 heavy (non-hydrogen) atoms. The number of hydrogen-bond acceptors (Lipinski definition) is 4. The van der Waals surface area contributed by atoms with Gasteiger partial charge in [-0.15, -0.1) is 0 Å². The number of ether oxygens (including phenoxy) is 1. The van der Waals surface area contributed by atoms with E-state index in [1.54, 1.807) is 0 Å². The summed E-state index contributed by atoms with van der Waals surface area (Å²) in [4.78, 5) is 35.2. The molecule has 7 heteroatoms. The second-order valence-electron chi connectivity index (χ2n) is 5.97. The molecule has 6 nitrogen and oxygen atoms in total. The van der Waals surface area contributed by atoms with Crippen LogP contribution in [0.25, 0.3) is 0 Å². The van der Waals surface area contributed by atoms with E-state index in [2.05, 4.69) is 10.6 Å². The van der Waals surface area contributed by atoms with Crippen LogP contribution in [-0.4, -0.2) is 37.5 Å². The molecule has 0 aliphatic heterocycles. The molecule has 0 radical (unpaired) electrons. The summed E-state index contributed by atoms with van der Waals surface area (Å²) in [5.74, 6) is -2.22. The maximum Gasteiger partial charge on any atom is 0.325 e. The zero-order valence-corrected chi connectivity index (χ0v) is 14.9. The van der Waals surface area contributed by atoms with Crippen LogP contribution in [0.3, 0.4) is 0 Å². The number of nitrogens with one attached hydrogen (secondary N) is 2. The van der Waals surface area contributed by atoms with Crippen LogP contribution >= 0.6 is 0 Å². The molecule has 0 bridgehead atoms. The van der Waals surface area contributed by atoms with E-state index in [0.717, 1.165) is 11.6 Å². The van der Waals surface area contributed by atoms with Crippen molar-refractivity contribution in [3.8, 4) is 0 Å². The van der Waals surface area contributed by atoms with Crippen molar-refractivity contribution in [2.24, 2.45) is 0 Å². The number of rotatable bonds is 8. The molecule has 0 aliphatic carbocycles. The van der Waals surface area contributed by atoms with Crippen LogP contribution in [0.15, 0.2) is 54.6 Å². The van der Waals surface area contributed by atoms with Gasteiger partial charge in [0.05, 0.1) is 0 Å². The van der Waals surface area contributed by atoms with Crippen LogP contribution in [0.2, 0.25) is 0 Å². The average molecular weight is 372 g/mol. The first-order valence-corrected chi connectivity index (χ1v) is 8.46. The van der Waals surface area contributed by atoms with Crippen molar-refractivity contribution in [2.45, 2.75) is 12.8 Å².